The zero-order chi connectivity index (χ0) is 22.3. The summed E-state index contributed by atoms with van der Waals surface area (Å²) in [5.41, 5.74) is -3.80. The third kappa shape index (κ3) is 3.77. The van der Waals surface area contributed by atoms with Gasteiger partial charge in [0.25, 0.3) is 5.60 Å². The first-order valence-corrected chi connectivity index (χ1v) is 8.85. The molecule has 0 bridgehead atoms. The van der Waals surface area contributed by atoms with E-state index in [-0.39, 0.29) is 6.54 Å². The van der Waals surface area contributed by atoms with Gasteiger partial charge in [-0.05, 0) is 35.7 Å². The van der Waals surface area contributed by atoms with Crippen molar-refractivity contribution in [2.24, 2.45) is 0 Å². The Hall–Kier alpha value is -2.59. The molecule has 3 rings (SSSR count). The molecular formula is C20H17F6NO3. The molecule has 0 amide bonds. The van der Waals surface area contributed by atoms with E-state index >= 15 is 0 Å². The van der Waals surface area contributed by atoms with Crippen molar-refractivity contribution in [2.75, 3.05) is 18.1 Å². The Kier molecular flexibility index (Phi) is 5.59. The van der Waals surface area contributed by atoms with E-state index in [9.17, 15) is 36.2 Å². The van der Waals surface area contributed by atoms with Gasteiger partial charge in [-0.2, -0.15) is 26.3 Å². The molecule has 4 nitrogen and oxygen atoms in total. The summed E-state index contributed by atoms with van der Waals surface area (Å²) in [6, 6.07) is 8.35. The van der Waals surface area contributed by atoms with Crippen LogP contribution in [0.1, 0.15) is 27.0 Å². The van der Waals surface area contributed by atoms with Crippen molar-refractivity contribution in [2.45, 2.75) is 30.9 Å². The van der Waals surface area contributed by atoms with Crippen molar-refractivity contribution in [1.82, 2.24) is 0 Å². The molecule has 0 saturated heterocycles. The van der Waals surface area contributed by atoms with Crippen molar-refractivity contribution in [3.05, 3.63) is 64.7 Å². The SMILES string of the molecule is O=C(CO)c1ccc2c(c1)CCN2Cc1ccc(C(O)(C(F)(F)F)C(F)(F)F)cc1. The van der Waals surface area contributed by atoms with Gasteiger partial charge in [0.15, 0.2) is 5.78 Å². The Morgan fingerprint density at radius 2 is 1.57 bits per heavy atom. The summed E-state index contributed by atoms with van der Waals surface area (Å²) >= 11 is 0. The lowest BCUT2D eigenvalue weighted by Crippen LogP contribution is -2.53. The largest absolute Gasteiger partial charge is 0.430 e. The van der Waals surface area contributed by atoms with Crippen LogP contribution in [0, 0.1) is 0 Å². The molecule has 2 aromatic rings. The average molecular weight is 433 g/mol. The fourth-order valence-electron chi connectivity index (χ4n) is 3.46. The normalized spacial score (nSPS) is 14.7. The van der Waals surface area contributed by atoms with Gasteiger partial charge >= 0.3 is 12.4 Å². The average Bonchev–Trinajstić information content (AvgIpc) is 3.07. The quantitative estimate of drug-likeness (QED) is 0.557. The lowest BCUT2D eigenvalue weighted by atomic mass is 9.91. The van der Waals surface area contributed by atoms with Gasteiger partial charge in [0.1, 0.15) is 6.61 Å². The number of nitrogens with zero attached hydrogens (tertiary/aromatic N) is 1. The number of aliphatic hydroxyl groups excluding tert-OH is 1. The van der Waals surface area contributed by atoms with Gasteiger partial charge in [0.2, 0.25) is 0 Å². The van der Waals surface area contributed by atoms with Crippen molar-refractivity contribution in [3.63, 3.8) is 0 Å². The Morgan fingerprint density at radius 3 is 2.10 bits per heavy atom. The highest BCUT2D eigenvalue weighted by molar-refractivity contribution is 5.97. The Labute approximate surface area is 167 Å². The number of hydrogen-bond donors (Lipinski definition) is 2. The molecule has 1 aliphatic rings. The van der Waals surface area contributed by atoms with Crippen LogP contribution in [0.15, 0.2) is 42.5 Å². The van der Waals surface area contributed by atoms with Crippen LogP contribution >= 0.6 is 0 Å². The van der Waals surface area contributed by atoms with E-state index in [1.54, 1.807) is 18.2 Å². The minimum atomic E-state index is -5.93. The van der Waals surface area contributed by atoms with Crippen LogP contribution in [-0.2, 0) is 18.6 Å². The zero-order valence-corrected chi connectivity index (χ0v) is 15.4. The van der Waals surface area contributed by atoms with Gasteiger partial charge in [-0.3, -0.25) is 4.79 Å². The van der Waals surface area contributed by atoms with Crippen molar-refractivity contribution >= 4 is 11.5 Å². The molecule has 1 heterocycles. The van der Waals surface area contributed by atoms with Crippen LogP contribution in [0.25, 0.3) is 0 Å². The van der Waals surface area contributed by atoms with Gasteiger partial charge < -0.3 is 15.1 Å². The highest BCUT2D eigenvalue weighted by Crippen LogP contribution is 2.50. The minimum Gasteiger partial charge on any atom is -0.388 e. The second-order valence-corrected chi connectivity index (χ2v) is 7.00. The topological polar surface area (TPSA) is 60.8 Å². The van der Waals surface area contributed by atoms with Gasteiger partial charge in [-0.25, -0.2) is 0 Å². The number of Topliss-reactive ketones (excluding diaryl/α,β-unsaturated/α-hetero) is 1. The smallest absolute Gasteiger partial charge is 0.388 e. The summed E-state index contributed by atoms with van der Waals surface area (Å²) in [6.07, 6.45) is -11.3. The van der Waals surface area contributed by atoms with E-state index in [1.807, 2.05) is 4.90 Å². The minimum absolute atomic E-state index is 0.219. The number of rotatable bonds is 5. The van der Waals surface area contributed by atoms with Gasteiger partial charge in [-0.15, -0.1) is 0 Å². The fourth-order valence-corrected chi connectivity index (χ4v) is 3.46. The lowest BCUT2D eigenvalue weighted by molar-refractivity contribution is -0.376. The maximum Gasteiger partial charge on any atom is 0.430 e. The predicted molar refractivity (Wildman–Crippen MR) is 95.1 cm³/mol. The van der Waals surface area contributed by atoms with Gasteiger partial charge in [-0.1, -0.05) is 24.3 Å². The molecule has 2 aromatic carbocycles. The molecule has 30 heavy (non-hydrogen) atoms. The first-order valence-electron chi connectivity index (χ1n) is 8.85. The number of anilines is 1. The Morgan fingerprint density at radius 1 is 0.967 bits per heavy atom. The first kappa shape index (κ1) is 22.1. The summed E-state index contributed by atoms with van der Waals surface area (Å²) in [5.74, 6) is -0.423. The molecule has 0 spiro atoms. The summed E-state index contributed by atoms with van der Waals surface area (Å²) in [5, 5.41) is 18.4. The van der Waals surface area contributed by atoms with Crippen LogP contribution in [0.3, 0.4) is 0 Å². The predicted octanol–water partition coefficient (Wildman–Crippen LogP) is 3.74. The maximum absolute atomic E-state index is 13.0. The van der Waals surface area contributed by atoms with Crippen molar-refractivity contribution < 1.29 is 41.4 Å². The monoisotopic (exact) mass is 433 g/mol. The third-order valence-electron chi connectivity index (χ3n) is 5.10. The van der Waals surface area contributed by atoms with Gasteiger partial charge in [0, 0.05) is 29.9 Å². The molecule has 0 fully saturated rings. The number of carbonyl (C=O) groups is 1. The molecule has 0 atom stereocenters. The van der Waals surface area contributed by atoms with Gasteiger partial charge in [0.05, 0.1) is 0 Å². The van der Waals surface area contributed by atoms with Crippen LogP contribution in [0.5, 0.6) is 0 Å². The molecule has 0 aliphatic carbocycles. The number of benzene rings is 2. The number of aliphatic hydroxyl groups is 2. The van der Waals surface area contributed by atoms with E-state index in [2.05, 4.69) is 0 Å². The Bertz CT molecular complexity index is 923. The second-order valence-electron chi connectivity index (χ2n) is 7.00. The summed E-state index contributed by atoms with van der Waals surface area (Å²) in [4.78, 5) is 13.5. The number of hydrogen-bond acceptors (Lipinski definition) is 4. The van der Waals surface area contributed by atoms with E-state index in [4.69, 9.17) is 5.11 Å². The fraction of sp³-hybridized carbons (Fsp3) is 0.350. The zero-order valence-electron chi connectivity index (χ0n) is 15.4. The number of halogens is 6. The molecular weight excluding hydrogens is 416 g/mol. The molecule has 0 radical (unpaired) electrons. The van der Waals surface area contributed by atoms with Crippen LogP contribution in [0.2, 0.25) is 0 Å². The summed E-state index contributed by atoms with van der Waals surface area (Å²) in [7, 11) is 0. The van der Waals surface area contributed by atoms with Crippen LogP contribution in [0.4, 0.5) is 32.0 Å². The van der Waals surface area contributed by atoms with Crippen molar-refractivity contribution in [3.8, 4) is 0 Å². The molecule has 0 saturated carbocycles. The van der Waals surface area contributed by atoms with E-state index in [0.717, 1.165) is 23.4 Å². The van der Waals surface area contributed by atoms with Crippen LogP contribution < -0.4 is 4.90 Å². The lowest BCUT2D eigenvalue weighted by Gasteiger charge is -2.32. The van der Waals surface area contributed by atoms with Crippen molar-refractivity contribution in [1.29, 1.82) is 0 Å². The van der Waals surface area contributed by atoms with Crippen LogP contribution in [-0.4, -0.2) is 41.5 Å². The molecule has 0 unspecified atom stereocenters. The van der Waals surface area contributed by atoms with E-state index < -0.39 is 35.9 Å². The number of carbonyl (C=O) groups excluding carboxylic acids is 1. The molecule has 10 heteroatoms. The summed E-state index contributed by atoms with van der Waals surface area (Å²) in [6.45, 7) is 0.150. The number of ketones is 1. The second kappa shape index (κ2) is 7.59. The highest BCUT2D eigenvalue weighted by atomic mass is 19.4. The maximum atomic E-state index is 13.0. The first-order chi connectivity index (χ1) is 13.9. The highest BCUT2D eigenvalue weighted by Gasteiger charge is 2.71. The number of alkyl halides is 6. The molecule has 0 aromatic heterocycles. The molecule has 2 N–H and O–H groups in total. The standard InChI is InChI=1S/C20H17F6NO3/c21-19(22,23)18(30,20(24,25)26)15-4-1-12(2-5-15)10-27-8-7-13-9-14(17(29)11-28)3-6-16(13)27/h1-6,9,28,30H,7-8,10-11H2. The number of fused-ring (bicyclic) bond motifs is 1. The summed E-state index contributed by atoms with van der Waals surface area (Å²) < 4.78 is 77.9. The molecule has 1 aliphatic heterocycles. The third-order valence-corrected chi connectivity index (χ3v) is 5.10. The molecule has 162 valence electrons. The van der Waals surface area contributed by atoms with E-state index in [0.29, 0.717) is 36.2 Å². The Balaban J connectivity index is 1.82. The van der Waals surface area contributed by atoms with E-state index in [1.165, 1.54) is 0 Å².